The van der Waals surface area contributed by atoms with Crippen LogP contribution in [0, 0.1) is 20.8 Å². The number of aryl methyl sites for hydroxylation is 2. The van der Waals surface area contributed by atoms with Crippen LogP contribution in [0.3, 0.4) is 0 Å². The minimum absolute atomic E-state index is 0.125. The van der Waals surface area contributed by atoms with E-state index >= 15 is 0 Å². The van der Waals surface area contributed by atoms with Gasteiger partial charge >= 0.3 is 0 Å². The van der Waals surface area contributed by atoms with Crippen molar-refractivity contribution in [2.45, 2.75) is 39.7 Å². The fraction of sp³-hybridized carbons (Fsp3) is 0.346. The number of aromatic nitrogens is 4. The van der Waals surface area contributed by atoms with Crippen LogP contribution in [0.25, 0.3) is 11.8 Å². The first-order valence-corrected chi connectivity index (χ1v) is 11.7. The molecule has 1 N–H and O–H groups in total. The number of carbonyl (C=O) groups is 2. The maximum atomic E-state index is 13.9. The lowest BCUT2D eigenvalue weighted by atomic mass is 10.1. The average molecular weight is 475 g/mol. The van der Waals surface area contributed by atoms with Crippen molar-refractivity contribution in [3.8, 4) is 0 Å². The lowest BCUT2D eigenvalue weighted by Gasteiger charge is -2.26. The molecule has 9 nitrogen and oxygen atoms in total. The van der Waals surface area contributed by atoms with Crippen molar-refractivity contribution in [1.29, 1.82) is 0 Å². The van der Waals surface area contributed by atoms with Crippen LogP contribution in [0.5, 0.6) is 0 Å². The van der Waals surface area contributed by atoms with Crippen LogP contribution >= 0.6 is 0 Å². The van der Waals surface area contributed by atoms with Gasteiger partial charge in [-0.25, -0.2) is 0 Å². The highest BCUT2D eigenvalue weighted by Gasteiger charge is 2.28. The summed E-state index contributed by atoms with van der Waals surface area (Å²) in [5.41, 5.74) is 3.89. The molecule has 2 aromatic carbocycles. The molecule has 0 saturated carbocycles. The minimum Gasteiger partial charge on any atom is -0.376 e. The van der Waals surface area contributed by atoms with E-state index in [1.807, 2.05) is 62.4 Å². The van der Waals surface area contributed by atoms with Crippen LogP contribution < -0.4 is 5.32 Å². The summed E-state index contributed by atoms with van der Waals surface area (Å²) < 4.78 is 7.19. The Morgan fingerprint density at radius 2 is 1.94 bits per heavy atom. The zero-order valence-electron chi connectivity index (χ0n) is 20.3. The number of hydrogen-bond acceptors (Lipinski definition) is 6. The number of hydrogen-bond donors (Lipinski definition) is 1. The maximum Gasteiger partial charge on any atom is 0.273 e. The first-order chi connectivity index (χ1) is 16.9. The van der Waals surface area contributed by atoms with Gasteiger partial charge in [-0.1, -0.05) is 42.5 Å². The van der Waals surface area contributed by atoms with E-state index in [9.17, 15) is 9.59 Å². The highest BCUT2D eigenvalue weighted by atomic mass is 16.5. The SMILES string of the molecule is Cc1cccc(NC(=O)CN(CC2CCCO2)C(=O)C(=Cc2ccccc2)n2nnnc2C)c1C. The minimum atomic E-state index is -0.351. The van der Waals surface area contributed by atoms with E-state index in [2.05, 4.69) is 20.8 Å². The molecular formula is C26H30N6O3. The van der Waals surface area contributed by atoms with Crippen molar-refractivity contribution in [2.24, 2.45) is 0 Å². The summed E-state index contributed by atoms with van der Waals surface area (Å²) in [6, 6.07) is 15.2. The Kier molecular flexibility index (Phi) is 7.67. The Hall–Kier alpha value is -3.85. The summed E-state index contributed by atoms with van der Waals surface area (Å²) in [5.74, 6) is -0.161. The van der Waals surface area contributed by atoms with Gasteiger partial charge in [0.1, 0.15) is 12.2 Å². The molecule has 2 amide bonds. The fourth-order valence-electron chi connectivity index (χ4n) is 4.04. The fourth-order valence-corrected chi connectivity index (χ4v) is 4.04. The molecule has 1 aromatic heterocycles. The lowest BCUT2D eigenvalue weighted by Crippen LogP contribution is -2.43. The Labute approximate surface area is 204 Å². The molecule has 1 saturated heterocycles. The zero-order chi connectivity index (χ0) is 24.8. The van der Waals surface area contributed by atoms with Crippen molar-refractivity contribution in [3.05, 3.63) is 71.0 Å². The van der Waals surface area contributed by atoms with Gasteiger partial charge in [0.05, 0.1) is 6.10 Å². The molecule has 2 heterocycles. The quantitative estimate of drug-likeness (QED) is 0.503. The van der Waals surface area contributed by atoms with Gasteiger partial charge in [-0.2, -0.15) is 4.68 Å². The monoisotopic (exact) mass is 474 g/mol. The number of nitrogens with zero attached hydrogens (tertiary/aromatic N) is 5. The van der Waals surface area contributed by atoms with Gasteiger partial charge in [-0.05, 0) is 72.9 Å². The molecule has 9 heteroatoms. The second-order valence-corrected chi connectivity index (χ2v) is 8.69. The molecule has 3 aromatic rings. The van der Waals surface area contributed by atoms with Crippen molar-refractivity contribution in [3.63, 3.8) is 0 Å². The number of nitrogens with one attached hydrogen (secondary N) is 1. The number of anilines is 1. The molecule has 182 valence electrons. The largest absolute Gasteiger partial charge is 0.376 e. The molecule has 4 rings (SSSR count). The molecular weight excluding hydrogens is 444 g/mol. The van der Waals surface area contributed by atoms with Crippen LogP contribution in [-0.4, -0.2) is 62.7 Å². The normalized spacial score (nSPS) is 15.7. The Morgan fingerprint density at radius 1 is 1.14 bits per heavy atom. The first-order valence-electron chi connectivity index (χ1n) is 11.7. The maximum absolute atomic E-state index is 13.9. The number of benzene rings is 2. The number of ether oxygens (including phenoxy) is 1. The van der Waals surface area contributed by atoms with Gasteiger partial charge in [0.15, 0.2) is 5.82 Å². The summed E-state index contributed by atoms with van der Waals surface area (Å²) in [6.07, 6.45) is 3.38. The summed E-state index contributed by atoms with van der Waals surface area (Å²) in [6.45, 7) is 6.50. The second-order valence-electron chi connectivity index (χ2n) is 8.69. The molecule has 0 radical (unpaired) electrons. The summed E-state index contributed by atoms with van der Waals surface area (Å²) in [4.78, 5) is 28.5. The van der Waals surface area contributed by atoms with E-state index in [-0.39, 0.29) is 30.2 Å². The van der Waals surface area contributed by atoms with Gasteiger partial charge in [0.25, 0.3) is 5.91 Å². The Bertz CT molecular complexity index is 1210. The number of rotatable bonds is 8. The summed E-state index contributed by atoms with van der Waals surface area (Å²) in [7, 11) is 0. The Morgan fingerprint density at radius 3 is 2.63 bits per heavy atom. The molecule has 0 aliphatic carbocycles. The third-order valence-electron chi connectivity index (χ3n) is 6.12. The van der Waals surface area contributed by atoms with Crippen LogP contribution in [0.4, 0.5) is 5.69 Å². The van der Waals surface area contributed by atoms with Gasteiger partial charge in [-0.3, -0.25) is 9.59 Å². The van der Waals surface area contributed by atoms with E-state index in [0.717, 1.165) is 35.2 Å². The zero-order valence-corrected chi connectivity index (χ0v) is 20.3. The van der Waals surface area contributed by atoms with Crippen LogP contribution in [-0.2, 0) is 14.3 Å². The summed E-state index contributed by atoms with van der Waals surface area (Å²) >= 11 is 0. The first kappa shape index (κ1) is 24.3. The Balaban J connectivity index is 1.63. The number of amides is 2. The molecule has 1 unspecified atom stereocenters. The second kappa shape index (κ2) is 11.1. The smallest absolute Gasteiger partial charge is 0.273 e. The van der Waals surface area contributed by atoms with Crippen molar-refractivity contribution >= 4 is 29.3 Å². The van der Waals surface area contributed by atoms with E-state index in [1.165, 1.54) is 9.58 Å². The molecule has 35 heavy (non-hydrogen) atoms. The van der Waals surface area contributed by atoms with E-state index in [1.54, 1.807) is 13.0 Å². The topological polar surface area (TPSA) is 102 Å². The van der Waals surface area contributed by atoms with Crippen LogP contribution in [0.15, 0.2) is 48.5 Å². The van der Waals surface area contributed by atoms with Gasteiger partial charge in [-0.15, -0.1) is 5.10 Å². The molecule has 1 atom stereocenters. The van der Waals surface area contributed by atoms with Crippen molar-refractivity contribution in [2.75, 3.05) is 25.0 Å². The lowest BCUT2D eigenvalue weighted by molar-refractivity contribution is -0.131. The van der Waals surface area contributed by atoms with Gasteiger partial charge < -0.3 is 15.0 Å². The van der Waals surface area contributed by atoms with Gasteiger partial charge in [0, 0.05) is 18.8 Å². The average Bonchev–Trinajstić information content (AvgIpc) is 3.52. The predicted molar refractivity (Wildman–Crippen MR) is 133 cm³/mol. The molecule has 1 fully saturated rings. The van der Waals surface area contributed by atoms with E-state index in [4.69, 9.17) is 4.74 Å². The van der Waals surface area contributed by atoms with Crippen LogP contribution in [0.2, 0.25) is 0 Å². The molecule has 1 aliphatic rings. The molecule has 1 aliphatic heterocycles. The number of tetrazole rings is 1. The highest BCUT2D eigenvalue weighted by Crippen LogP contribution is 2.20. The molecule has 0 bridgehead atoms. The van der Waals surface area contributed by atoms with E-state index < -0.39 is 0 Å². The van der Waals surface area contributed by atoms with E-state index in [0.29, 0.717) is 19.0 Å². The highest BCUT2D eigenvalue weighted by molar-refractivity contribution is 6.19. The van der Waals surface area contributed by atoms with Crippen molar-refractivity contribution < 1.29 is 14.3 Å². The van der Waals surface area contributed by atoms with Crippen LogP contribution in [0.1, 0.15) is 35.4 Å². The van der Waals surface area contributed by atoms with Gasteiger partial charge in [0.2, 0.25) is 5.91 Å². The predicted octanol–water partition coefficient (Wildman–Crippen LogP) is 3.24. The molecule has 0 spiro atoms. The third kappa shape index (κ3) is 5.99. The third-order valence-corrected chi connectivity index (χ3v) is 6.12. The summed E-state index contributed by atoms with van der Waals surface area (Å²) in [5, 5.41) is 14.6. The van der Waals surface area contributed by atoms with Crippen molar-refractivity contribution in [1.82, 2.24) is 25.1 Å². The number of carbonyl (C=O) groups excluding carboxylic acids is 2. The standard InChI is InChI=1S/C26H30N6O3/c1-18-9-7-13-23(19(18)2)27-25(33)17-31(16-22-12-8-14-35-22)26(34)24(32-20(3)28-29-30-32)15-21-10-5-4-6-11-21/h4-7,9-11,13,15,22H,8,12,14,16-17H2,1-3H3,(H,27,33).